The molecule has 1 heterocycles. The Labute approximate surface area is 120 Å². The molecule has 1 fully saturated rings. The van der Waals surface area contributed by atoms with Crippen LogP contribution < -0.4 is 5.32 Å². The molecule has 0 bridgehead atoms. The maximum atomic E-state index is 13.1. The third-order valence-corrected chi connectivity index (χ3v) is 4.49. The van der Waals surface area contributed by atoms with Crippen LogP contribution in [0, 0.1) is 5.41 Å². The Hall–Kier alpha value is -1.67. The van der Waals surface area contributed by atoms with Crippen LogP contribution in [0.15, 0.2) is 42.5 Å². The van der Waals surface area contributed by atoms with Crippen molar-refractivity contribution in [1.82, 2.24) is 5.32 Å². The van der Waals surface area contributed by atoms with E-state index in [-0.39, 0.29) is 5.41 Å². The molecule has 104 valence electrons. The summed E-state index contributed by atoms with van der Waals surface area (Å²) < 4.78 is 0. The molecule has 2 heteroatoms. The maximum Gasteiger partial charge on any atom is 0.170 e. The summed E-state index contributed by atoms with van der Waals surface area (Å²) in [7, 11) is 0. The van der Waals surface area contributed by atoms with Crippen LogP contribution in [0.5, 0.6) is 0 Å². The van der Waals surface area contributed by atoms with Crippen LogP contribution in [0.1, 0.15) is 36.5 Å². The van der Waals surface area contributed by atoms with Gasteiger partial charge in [0, 0.05) is 17.5 Å². The Balaban J connectivity index is 2.08. The molecule has 0 aromatic heterocycles. The Morgan fingerprint density at radius 2 is 2.00 bits per heavy atom. The zero-order chi connectivity index (χ0) is 14.0. The number of carbonyl (C=O) groups is 1. The quantitative estimate of drug-likeness (QED) is 0.854. The topological polar surface area (TPSA) is 29.1 Å². The van der Waals surface area contributed by atoms with Gasteiger partial charge in [0.15, 0.2) is 5.78 Å². The fourth-order valence-corrected chi connectivity index (χ4v) is 3.45. The number of hydrogen-bond donors (Lipinski definition) is 1. The number of Topliss-reactive ketones (excluding diaryl/α,β-unsaturated/α-hetero) is 1. The highest BCUT2D eigenvalue weighted by atomic mass is 16.1. The molecule has 2 aromatic rings. The van der Waals surface area contributed by atoms with Crippen molar-refractivity contribution in [2.45, 2.75) is 26.2 Å². The second-order valence-electron chi connectivity index (χ2n) is 5.81. The van der Waals surface area contributed by atoms with Gasteiger partial charge >= 0.3 is 0 Å². The summed E-state index contributed by atoms with van der Waals surface area (Å²) in [6.07, 6.45) is 2.99. The zero-order valence-electron chi connectivity index (χ0n) is 12.0. The minimum atomic E-state index is -0.196. The van der Waals surface area contributed by atoms with Crippen LogP contribution in [0.25, 0.3) is 10.8 Å². The zero-order valence-corrected chi connectivity index (χ0v) is 12.0. The van der Waals surface area contributed by atoms with Gasteiger partial charge in [0.1, 0.15) is 0 Å². The van der Waals surface area contributed by atoms with Crippen molar-refractivity contribution in [2.75, 3.05) is 13.1 Å². The van der Waals surface area contributed by atoms with E-state index in [9.17, 15) is 4.79 Å². The molecule has 0 radical (unpaired) electrons. The molecule has 20 heavy (non-hydrogen) atoms. The molecular weight excluding hydrogens is 246 g/mol. The summed E-state index contributed by atoms with van der Waals surface area (Å²) in [6, 6.07) is 14.2. The first-order valence-electron chi connectivity index (χ1n) is 7.50. The molecule has 2 aromatic carbocycles. The lowest BCUT2D eigenvalue weighted by molar-refractivity contribution is 0.0803. The fraction of sp³-hybridized carbons (Fsp3) is 0.389. The van der Waals surface area contributed by atoms with Gasteiger partial charge < -0.3 is 5.32 Å². The van der Waals surface area contributed by atoms with Crippen molar-refractivity contribution in [2.24, 2.45) is 5.41 Å². The second kappa shape index (κ2) is 5.37. The van der Waals surface area contributed by atoms with Crippen molar-refractivity contribution in [3.05, 3.63) is 48.0 Å². The molecule has 1 aliphatic heterocycles. The lowest BCUT2D eigenvalue weighted by atomic mass is 9.75. The van der Waals surface area contributed by atoms with Gasteiger partial charge in [0.05, 0.1) is 0 Å². The highest BCUT2D eigenvalue weighted by Crippen LogP contribution is 2.36. The van der Waals surface area contributed by atoms with Crippen LogP contribution in [-0.4, -0.2) is 18.9 Å². The van der Waals surface area contributed by atoms with Crippen molar-refractivity contribution < 1.29 is 4.79 Å². The maximum absolute atomic E-state index is 13.1. The first-order valence-corrected chi connectivity index (χ1v) is 7.50. The Bertz CT molecular complexity index is 621. The molecule has 1 aliphatic rings. The highest BCUT2D eigenvalue weighted by molar-refractivity contribution is 6.10. The SMILES string of the molecule is CCCC1(C(=O)c2cccc3ccccc23)CCNC1. The molecule has 1 N–H and O–H groups in total. The van der Waals surface area contributed by atoms with Crippen LogP contribution in [0.4, 0.5) is 0 Å². The predicted molar refractivity (Wildman–Crippen MR) is 83.1 cm³/mol. The molecule has 0 spiro atoms. The normalized spacial score (nSPS) is 22.2. The van der Waals surface area contributed by atoms with E-state index in [4.69, 9.17) is 0 Å². The van der Waals surface area contributed by atoms with E-state index in [1.54, 1.807) is 0 Å². The van der Waals surface area contributed by atoms with Gasteiger partial charge in [-0.2, -0.15) is 0 Å². The summed E-state index contributed by atoms with van der Waals surface area (Å²) in [6.45, 7) is 3.94. The Morgan fingerprint density at radius 3 is 2.75 bits per heavy atom. The van der Waals surface area contributed by atoms with E-state index in [0.29, 0.717) is 5.78 Å². The molecule has 2 nitrogen and oxygen atoms in total. The van der Waals surface area contributed by atoms with E-state index in [1.807, 2.05) is 24.3 Å². The lowest BCUT2D eigenvalue weighted by Gasteiger charge is -2.26. The van der Waals surface area contributed by atoms with Crippen molar-refractivity contribution in [1.29, 1.82) is 0 Å². The first kappa shape index (κ1) is 13.3. The van der Waals surface area contributed by atoms with Gasteiger partial charge in [-0.25, -0.2) is 0 Å². The van der Waals surface area contributed by atoms with Crippen LogP contribution in [-0.2, 0) is 0 Å². The predicted octanol–water partition coefficient (Wildman–Crippen LogP) is 3.80. The summed E-state index contributed by atoms with van der Waals surface area (Å²) in [5.74, 6) is 0.321. The standard InChI is InChI=1S/C18H21NO/c1-2-10-18(11-12-19-13-18)17(20)16-9-5-7-14-6-3-4-8-15(14)16/h3-9,19H,2,10-13H2,1H3. The molecule has 1 unspecified atom stereocenters. The summed E-state index contributed by atoms with van der Waals surface area (Å²) in [4.78, 5) is 13.1. The Kier molecular flexibility index (Phi) is 3.58. The third kappa shape index (κ3) is 2.14. The van der Waals surface area contributed by atoms with Crippen molar-refractivity contribution >= 4 is 16.6 Å². The highest BCUT2D eigenvalue weighted by Gasteiger charge is 2.40. The van der Waals surface area contributed by atoms with E-state index in [2.05, 4.69) is 30.4 Å². The largest absolute Gasteiger partial charge is 0.316 e. The number of rotatable bonds is 4. The van der Waals surface area contributed by atoms with Crippen LogP contribution in [0.2, 0.25) is 0 Å². The summed E-state index contributed by atoms with van der Waals surface area (Å²) in [5, 5.41) is 5.61. The van der Waals surface area contributed by atoms with E-state index < -0.39 is 0 Å². The van der Waals surface area contributed by atoms with E-state index >= 15 is 0 Å². The van der Waals surface area contributed by atoms with Gasteiger partial charge in [-0.05, 0) is 30.2 Å². The monoisotopic (exact) mass is 267 g/mol. The molecular formula is C18H21NO. The van der Waals surface area contributed by atoms with E-state index in [0.717, 1.165) is 48.7 Å². The molecule has 0 aliphatic carbocycles. The van der Waals surface area contributed by atoms with Crippen LogP contribution >= 0.6 is 0 Å². The van der Waals surface area contributed by atoms with Gasteiger partial charge in [-0.3, -0.25) is 4.79 Å². The average Bonchev–Trinajstić information content (AvgIpc) is 2.96. The fourth-order valence-electron chi connectivity index (χ4n) is 3.45. The summed E-state index contributed by atoms with van der Waals surface area (Å²) in [5.41, 5.74) is 0.694. The van der Waals surface area contributed by atoms with Crippen molar-refractivity contribution in [3.8, 4) is 0 Å². The number of nitrogens with one attached hydrogen (secondary N) is 1. The minimum Gasteiger partial charge on any atom is -0.316 e. The minimum absolute atomic E-state index is 0.196. The molecule has 1 atom stereocenters. The number of benzene rings is 2. The smallest absolute Gasteiger partial charge is 0.170 e. The third-order valence-electron chi connectivity index (χ3n) is 4.49. The number of fused-ring (bicyclic) bond motifs is 1. The lowest BCUT2D eigenvalue weighted by Crippen LogP contribution is -2.33. The van der Waals surface area contributed by atoms with Crippen LogP contribution in [0.3, 0.4) is 0 Å². The molecule has 0 saturated carbocycles. The van der Waals surface area contributed by atoms with Gasteiger partial charge in [-0.1, -0.05) is 55.8 Å². The number of hydrogen-bond acceptors (Lipinski definition) is 2. The Morgan fingerprint density at radius 1 is 1.20 bits per heavy atom. The molecule has 1 saturated heterocycles. The molecule has 0 amide bonds. The van der Waals surface area contributed by atoms with Gasteiger partial charge in [0.2, 0.25) is 0 Å². The second-order valence-corrected chi connectivity index (χ2v) is 5.81. The summed E-state index contributed by atoms with van der Waals surface area (Å²) >= 11 is 0. The average molecular weight is 267 g/mol. The van der Waals surface area contributed by atoms with E-state index in [1.165, 1.54) is 0 Å². The van der Waals surface area contributed by atoms with Gasteiger partial charge in [-0.15, -0.1) is 0 Å². The number of ketones is 1. The number of carbonyl (C=O) groups excluding carboxylic acids is 1. The van der Waals surface area contributed by atoms with Gasteiger partial charge in [0.25, 0.3) is 0 Å². The molecule has 3 rings (SSSR count). The van der Waals surface area contributed by atoms with Crippen molar-refractivity contribution in [3.63, 3.8) is 0 Å². The first-order chi connectivity index (χ1) is 9.77.